The van der Waals surface area contributed by atoms with Crippen molar-refractivity contribution in [3.05, 3.63) is 21.7 Å². The van der Waals surface area contributed by atoms with Crippen molar-refractivity contribution in [2.75, 3.05) is 13.7 Å². The Hall–Kier alpha value is -0.780. The quantitative estimate of drug-likeness (QED) is 0.853. The van der Waals surface area contributed by atoms with Gasteiger partial charge in [0.05, 0.1) is 13.2 Å². The van der Waals surface area contributed by atoms with Gasteiger partial charge in [-0.3, -0.25) is 0 Å². The fourth-order valence-electron chi connectivity index (χ4n) is 2.44. The highest BCUT2D eigenvalue weighted by molar-refractivity contribution is 7.71. The molecular formula is C13H20N2O2S. The van der Waals surface area contributed by atoms with E-state index < -0.39 is 0 Å². The van der Waals surface area contributed by atoms with Gasteiger partial charge in [0.25, 0.3) is 0 Å². The molecule has 0 radical (unpaired) electrons. The van der Waals surface area contributed by atoms with Crippen molar-refractivity contribution in [3.8, 4) is 0 Å². The zero-order valence-corrected chi connectivity index (χ0v) is 12.0. The maximum Gasteiger partial charge on any atom is 0.140 e. The van der Waals surface area contributed by atoms with E-state index in [-0.39, 0.29) is 5.60 Å². The van der Waals surface area contributed by atoms with Gasteiger partial charge in [0, 0.05) is 24.8 Å². The fraction of sp³-hybridized carbons (Fsp3) is 0.692. The first-order valence-corrected chi connectivity index (χ1v) is 6.83. The van der Waals surface area contributed by atoms with Gasteiger partial charge in [0.2, 0.25) is 0 Å². The third-order valence-corrected chi connectivity index (χ3v) is 4.15. The van der Waals surface area contributed by atoms with Gasteiger partial charge in [0.1, 0.15) is 16.1 Å². The minimum absolute atomic E-state index is 0.360. The van der Waals surface area contributed by atoms with Crippen LogP contribution in [-0.2, 0) is 28.1 Å². The molecule has 100 valence electrons. The molecule has 0 saturated carbocycles. The molecule has 18 heavy (non-hydrogen) atoms. The Morgan fingerprint density at radius 3 is 2.78 bits per heavy atom. The number of hydrogen-bond donors (Lipinski definition) is 1. The molecule has 5 heteroatoms. The van der Waals surface area contributed by atoms with Gasteiger partial charge >= 0.3 is 0 Å². The second-order valence-corrected chi connectivity index (χ2v) is 4.94. The van der Waals surface area contributed by atoms with E-state index in [4.69, 9.17) is 21.7 Å². The number of nitrogens with zero attached hydrogens (tertiary/aromatic N) is 1. The summed E-state index contributed by atoms with van der Waals surface area (Å²) in [5.41, 5.74) is 1.82. The van der Waals surface area contributed by atoms with E-state index in [1.165, 1.54) is 0 Å². The Bertz CT molecular complexity index is 472. The summed E-state index contributed by atoms with van der Waals surface area (Å²) in [7, 11) is 1.73. The van der Waals surface area contributed by atoms with Gasteiger partial charge in [-0.15, -0.1) is 0 Å². The van der Waals surface area contributed by atoms with Crippen molar-refractivity contribution < 1.29 is 9.47 Å². The Labute approximate surface area is 113 Å². The van der Waals surface area contributed by atoms with Crippen LogP contribution in [-0.4, -0.2) is 23.7 Å². The van der Waals surface area contributed by atoms with Crippen molar-refractivity contribution in [2.24, 2.45) is 0 Å². The summed E-state index contributed by atoms with van der Waals surface area (Å²) in [6.45, 7) is 5.51. The summed E-state index contributed by atoms with van der Waals surface area (Å²) in [4.78, 5) is 7.94. The largest absolute Gasteiger partial charge is 0.376 e. The number of aromatic amines is 1. The van der Waals surface area contributed by atoms with Crippen LogP contribution in [0.1, 0.15) is 43.8 Å². The second-order valence-electron chi connectivity index (χ2n) is 4.56. The molecule has 2 rings (SSSR count). The third-order valence-electron chi connectivity index (χ3n) is 3.81. The maximum absolute atomic E-state index is 5.70. The molecule has 1 N–H and O–H groups in total. The summed E-state index contributed by atoms with van der Waals surface area (Å²) >= 11 is 5.37. The standard InChI is InChI=1S/C13H20N2O2S/c1-4-13(5-2,16-3)12-14-10-6-7-17-8-9(10)11(18)15-12/h4-8H2,1-3H3,(H,14,15,18). The molecule has 0 atom stereocenters. The van der Waals surface area contributed by atoms with Crippen LogP contribution in [0.3, 0.4) is 0 Å². The van der Waals surface area contributed by atoms with Crippen molar-refractivity contribution in [3.63, 3.8) is 0 Å². The van der Waals surface area contributed by atoms with E-state index >= 15 is 0 Å². The number of nitrogens with one attached hydrogen (secondary N) is 1. The van der Waals surface area contributed by atoms with Gasteiger partial charge in [-0.2, -0.15) is 0 Å². The molecule has 4 nitrogen and oxygen atoms in total. The monoisotopic (exact) mass is 268 g/mol. The molecule has 0 aliphatic carbocycles. The number of ether oxygens (including phenoxy) is 2. The van der Waals surface area contributed by atoms with Crippen molar-refractivity contribution in [1.82, 2.24) is 9.97 Å². The summed E-state index contributed by atoms with van der Waals surface area (Å²) in [6.07, 6.45) is 2.60. The van der Waals surface area contributed by atoms with Crippen LogP contribution in [0.4, 0.5) is 0 Å². The summed E-state index contributed by atoms with van der Waals surface area (Å²) in [5, 5.41) is 0. The lowest BCUT2D eigenvalue weighted by Gasteiger charge is -2.30. The lowest BCUT2D eigenvalue weighted by Crippen LogP contribution is -2.31. The first-order valence-electron chi connectivity index (χ1n) is 6.42. The molecule has 1 aromatic rings. The Kier molecular flexibility index (Phi) is 4.14. The molecule has 1 aliphatic rings. The van der Waals surface area contributed by atoms with E-state index in [1.807, 2.05) is 0 Å². The van der Waals surface area contributed by atoms with E-state index in [9.17, 15) is 0 Å². The summed E-state index contributed by atoms with van der Waals surface area (Å²) < 4.78 is 11.8. The molecule has 2 heterocycles. The van der Waals surface area contributed by atoms with E-state index in [0.717, 1.165) is 43.0 Å². The first-order chi connectivity index (χ1) is 8.66. The number of methoxy groups -OCH3 is 1. The van der Waals surface area contributed by atoms with Gasteiger partial charge < -0.3 is 14.5 Å². The van der Waals surface area contributed by atoms with E-state index in [0.29, 0.717) is 11.2 Å². The highest BCUT2D eigenvalue weighted by Gasteiger charge is 2.31. The predicted molar refractivity (Wildman–Crippen MR) is 72.1 cm³/mol. The number of H-pyrrole nitrogens is 1. The smallest absolute Gasteiger partial charge is 0.140 e. The lowest BCUT2D eigenvalue weighted by molar-refractivity contribution is -0.0297. The number of aromatic nitrogens is 2. The first kappa shape index (κ1) is 13.6. The van der Waals surface area contributed by atoms with Gasteiger partial charge in [-0.05, 0) is 12.8 Å². The average Bonchev–Trinajstić information content (AvgIpc) is 2.42. The van der Waals surface area contributed by atoms with E-state index in [2.05, 4.69) is 23.8 Å². The Morgan fingerprint density at radius 2 is 2.17 bits per heavy atom. The number of rotatable bonds is 4. The van der Waals surface area contributed by atoms with Crippen LogP contribution in [0.2, 0.25) is 0 Å². The summed E-state index contributed by atoms with van der Waals surface area (Å²) in [6, 6.07) is 0. The van der Waals surface area contributed by atoms with Crippen molar-refractivity contribution in [2.45, 2.75) is 45.3 Å². The maximum atomic E-state index is 5.70. The molecule has 1 aromatic heterocycles. The molecule has 0 bridgehead atoms. The lowest BCUT2D eigenvalue weighted by atomic mass is 9.95. The number of fused-ring (bicyclic) bond motifs is 1. The molecule has 0 fully saturated rings. The molecule has 0 spiro atoms. The van der Waals surface area contributed by atoms with Crippen LogP contribution in [0, 0.1) is 4.64 Å². The minimum atomic E-state index is -0.360. The minimum Gasteiger partial charge on any atom is -0.376 e. The van der Waals surface area contributed by atoms with Crippen LogP contribution in [0.15, 0.2) is 0 Å². The van der Waals surface area contributed by atoms with Crippen molar-refractivity contribution >= 4 is 12.2 Å². The van der Waals surface area contributed by atoms with Gasteiger partial charge in [-0.1, -0.05) is 26.1 Å². The topological polar surface area (TPSA) is 47.1 Å². The highest BCUT2D eigenvalue weighted by Crippen LogP contribution is 2.31. The Balaban J connectivity index is 2.52. The molecular weight excluding hydrogens is 248 g/mol. The molecule has 1 aliphatic heterocycles. The van der Waals surface area contributed by atoms with Crippen LogP contribution in [0.25, 0.3) is 0 Å². The third kappa shape index (κ3) is 2.22. The zero-order valence-electron chi connectivity index (χ0n) is 11.2. The molecule has 0 saturated heterocycles. The van der Waals surface area contributed by atoms with Crippen LogP contribution in [0.5, 0.6) is 0 Å². The van der Waals surface area contributed by atoms with E-state index in [1.54, 1.807) is 7.11 Å². The average molecular weight is 268 g/mol. The predicted octanol–water partition coefficient (Wildman–Crippen LogP) is 2.87. The number of hydrogen-bond acceptors (Lipinski definition) is 4. The molecule has 0 unspecified atom stereocenters. The SMILES string of the molecule is CCC(CC)(OC)c1nc(=S)c2c([nH]1)CCOC2. The Morgan fingerprint density at radius 1 is 1.44 bits per heavy atom. The van der Waals surface area contributed by atoms with Crippen LogP contribution >= 0.6 is 12.2 Å². The zero-order chi connectivity index (χ0) is 13.2. The summed E-state index contributed by atoms with van der Waals surface area (Å²) in [5.74, 6) is 0.848. The van der Waals surface area contributed by atoms with Crippen molar-refractivity contribution in [1.29, 1.82) is 0 Å². The van der Waals surface area contributed by atoms with Crippen LogP contribution < -0.4 is 0 Å². The highest BCUT2D eigenvalue weighted by atomic mass is 32.1. The van der Waals surface area contributed by atoms with Gasteiger partial charge in [0.15, 0.2) is 0 Å². The second kappa shape index (κ2) is 5.47. The molecule has 0 aromatic carbocycles. The van der Waals surface area contributed by atoms with Gasteiger partial charge in [-0.25, -0.2) is 4.98 Å². The molecule has 0 amide bonds. The fourth-order valence-corrected chi connectivity index (χ4v) is 2.71. The normalized spacial score (nSPS) is 15.5.